The molecule has 0 aliphatic heterocycles. The maximum Gasteiger partial charge on any atom is 0.282 e. The average Bonchev–Trinajstić information content (AvgIpc) is 1.62. The van der Waals surface area contributed by atoms with Gasteiger partial charge >= 0.3 is 0 Å². The number of amides is 1. The van der Waals surface area contributed by atoms with Crippen LogP contribution in [0.4, 0.5) is 4.79 Å². The molecule has 0 bridgehead atoms. The van der Waals surface area contributed by atoms with Crippen LogP contribution >= 0.6 is 46.6 Å². The molecule has 0 aromatic carbocycles. The molecule has 0 saturated carbocycles. The molecule has 0 fully saturated rings. The van der Waals surface area contributed by atoms with Crippen molar-refractivity contribution in [2.75, 3.05) is 7.05 Å². The molecule has 0 saturated heterocycles. The van der Waals surface area contributed by atoms with Crippen molar-refractivity contribution in [1.82, 2.24) is 5.32 Å². The lowest BCUT2D eigenvalue weighted by atomic mass is 11.2. The molecule has 0 heterocycles. The van der Waals surface area contributed by atoms with Crippen molar-refractivity contribution in [2.45, 2.75) is 3.12 Å². The minimum absolute atomic E-state index is 0.366. The van der Waals surface area contributed by atoms with E-state index in [0.29, 0.717) is 11.8 Å². The number of rotatable bonds is 0. The van der Waals surface area contributed by atoms with Crippen LogP contribution in [0, 0.1) is 0 Å². The van der Waals surface area contributed by atoms with Gasteiger partial charge in [-0.25, -0.2) is 0 Å². The Balaban J connectivity index is 3.60. The fourth-order valence-corrected chi connectivity index (χ4v) is 1.10. The molecular formula is C3H4Cl3NOS. The van der Waals surface area contributed by atoms with Crippen LogP contribution in [0.2, 0.25) is 0 Å². The SMILES string of the molecule is CNC(=O)SC(Cl)(Cl)Cl. The summed E-state index contributed by atoms with van der Waals surface area (Å²) in [4.78, 5) is 10.4. The summed E-state index contributed by atoms with van der Waals surface area (Å²) in [6.45, 7) is 0. The molecule has 0 rings (SSSR count). The van der Waals surface area contributed by atoms with Gasteiger partial charge in [0.2, 0.25) is 3.12 Å². The first kappa shape index (κ1) is 9.69. The molecule has 9 heavy (non-hydrogen) atoms. The van der Waals surface area contributed by atoms with E-state index in [0.717, 1.165) is 0 Å². The third kappa shape index (κ3) is 6.58. The molecule has 0 aliphatic carbocycles. The Labute approximate surface area is 72.2 Å². The van der Waals surface area contributed by atoms with Crippen molar-refractivity contribution in [3.63, 3.8) is 0 Å². The fourth-order valence-electron chi connectivity index (χ4n) is 0.156. The zero-order valence-corrected chi connectivity index (χ0v) is 7.53. The molecule has 0 aromatic heterocycles. The first-order valence-corrected chi connectivity index (χ1v) is 3.88. The largest absolute Gasteiger partial charge is 0.350 e. The highest BCUT2D eigenvalue weighted by molar-refractivity contribution is 8.17. The van der Waals surface area contributed by atoms with Gasteiger partial charge in [0.25, 0.3) is 5.24 Å². The van der Waals surface area contributed by atoms with Crippen LogP contribution in [0.1, 0.15) is 0 Å². The van der Waals surface area contributed by atoms with Gasteiger partial charge in [-0.2, -0.15) is 0 Å². The number of halogens is 3. The lowest BCUT2D eigenvalue weighted by molar-refractivity contribution is 0.262. The molecule has 1 N–H and O–H groups in total. The van der Waals surface area contributed by atoms with E-state index in [1.165, 1.54) is 7.05 Å². The van der Waals surface area contributed by atoms with Crippen molar-refractivity contribution < 1.29 is 4.79 Å². The lowest BCUT2D eigenvalue weighted by Crippen LogP contribution is -2.15. The Morgan fingerprint density at radius 3 is 2.11 bits per heavy atom. The minimum Gasteiger partial charge on any atom is -0.350 e. The van der Waals surface area contributed by atoms with E-state index in [2.05, 4.69) is 5.32 Å². The second kappa shape index (κ2) is 3.76. The number of alkyl halides is 3. The van der Waals surface area contributed by atoms with Gasteiger partial charge in [-0.1, -0.05) is 34.8 Å². The topological polar surface area (TPSA) is 29.1 Å². The van der Waals surface area contributed by atoms with E-state index in [-0.39, 0.29) is 5.24 Å². The van der Waals surface area contributed by atoms with Gasteiger partial charge in [0.1, 0.15) is 0 Å². The Kier molecular flexibility index (Phi) is 4.05. The molecule has 0 radical (unpaired) electrons. The number of carbonyl (C=O) groups is 1. The van der Waals surface area contributed by atoms with Crippen LogP contribution in [0.25, 0.3) is 0 Å². The van der Waals surface area contributed by atoms with Crippen LogP contribution in [-0.2, 0) is 0 Å². The van der Waals surface area contributed by atoms with E-state index in [9.17, 15) is 4.79 Å². The summed E-state index contributed by atoms with van der Waals surface area (Å²) in [5.41, 5.74) is 0. The highest BCUT2D eigenvalue weighted by Gasteiger charge is 2.24. The second-order valence-electron chi connectivity index (χ2n) is 1.09. The normalized spacial score (nSPS) is 11.1. The van der Waals surface area contributed by atoms with Gasteiger partial charge in [-0.3, -0.25) is 4.79 Å². The minimum atomic E-state index is -1.56. The zero-order valence-electron chi connectivity index (χ0n) is 4.45. The van der Waals surface area contributed by atoms with Gasteiger partial charge in [-0.05, 0) is 11.8 Å². The summed E-state index contributed by atoms with van der Waals surface area (Å²) in [5.74, 6) is 0. The maximum absolute atomic E-state index is 10.4. The van der Waals surface area contributed by atoms with Crippen molar-refractivity contribution in [2.24, 2.45) is 0 Å². The summed E-state index contributed by atoms with van der Waals surface area (Å²) in [6.07, 6.45) is 0. The molecule has 2 nitrogen and oxygen atoms in total. The Hall–Kier alpha value is 0.690. The van der Waals surface area contributed by atoms with E-state index >= 15 is 0 Å². The van der Waals surface area contributed by atoms with Crippen molar-refractivity contribution >= 4 is 51.8 Å². The van der Waals surface area contributed by atoms with Crippen molar-refractivity contribution in [3.05, 3.63) is 0 Å². The van der Waals surface area contributed by atoms with Gasteiger partial charge < -0.3 is 5.32 Å². The summed E-state index contributed by atoms with van der Waals surface area (Å²) in [7, 11) is 1.46. The van der Waals surface area contributed by atoms with Gasteiger partial charge in [0.15, 0.2) is 0 Å². The number of hydrogen-bond donors (Lipinski definition) is 1. The van der Waals surface area contributed by atoms with Crippen molar-refractivity contribution in [1.29, 1.82) is 0 Å². The van der Waals surface area contributed by atoms with Crippen LogP contribution in [0.15, 0.2) is 0 Å². The maximum atomic E-state index is 10.4. The molecule has 0 aliphatic rings. The molecule has 0 spiro atoms. The molecule has 54 valence electrons. The molecule has 1 amide bonds. The highest BCUT2D eigenvalue weighted by Crippen LogP contribution is 2.38. The molecule has 0 aromatic rings. The monoisotopic (exact) mass is 207 g/mol. The van der Waals surface area contributed by atoms with E-state index < -0.39 is 3.12 Å². The first-order chi connectivity index (χ1) is 3.95. The summed E-state index contributed by atoms with van der Waals surface area (Å²) >= 11 is 16.3. The Bertz CT molecular complexity index is 112. The second-order valence-corrected chi connectivity index (χ2v) is 5.23. The molecule has 6 heteroatoms. The average molecular weight is 208 g/mol. The highest BCUT2D eigenvalue weighted by atomic mass is 35.6. The lowest BCUT2D eigenvalue weighted by Gasteiger charge is -2.06. The van der Waals surface area contributed by atoms with E-state index in [1.54, 1.807) is 0 Å². The van der Waals surface area contributed by atoms with E-state index in [1.807, 2.05) is 0 Å². The standard InChI is InChI=1S/C3H4Cl3NOS/c1-7-2(8)9-3(4,5)6/h1H3,(H,7,8). The first-order valence-electron chi connectivity index (χ1n) is 1.93. The van der Waals surface area contributed by atoms with Gasteiger partial charge in [0, 0.05) is 7.05 Å². The number of carbonyl (C=O) groups excluding carboxylic acids is 1. The van der Waals surface area contributed by atoms with Crippen LogP contribution in [0.3, 0.4) is 0 Å². The van der Waals surface area contributed by atoms with Crippen LogP contribution in [-0.4, -0.2) is 15.4 Å². The Morgan fingerprint density at radius 1 is 1.56 bits per heavy atom. The van der Waals surface area contributed by atoms with Gasteiger partial charge in [0.05, 0.1) is 0 Å². The molecule has 0 unspecified atom stereocenters. The summed E-state index contributed by atoms with van der Waals surface area (Å²) < 4.78 is -1.56. The van der Waals surface area contributed by atoms with Crippen LogP contribution in [0.5, 0.6) is 0 Å². The van der Waals surface area contributed by atoms with E-state index in [4.69, 9.17) is 34.8 Å². The molecular weight excluding hydrogens is 204 g/mol. The summed E-state index contributed by atoms with van der Waals surface area (Å²) in [6, 6.07) is 0. The van der Waals surface area contributed by atoms with Crippen molar-refractivity contribution in [3.8, 4) is 0 Å². The zero-order chi connectivity index (χ0) is 7.49. The predicted octanol–water partition coefficient (Wildman–Crippen LogP) is 2.39. The molecule has 0 atom stereocenters. The smallest absolute Gasteiger partial charge is 0.282 e. The third-order valence-electron chi connectivity index (χ3n) is 0.413. The van der Waals surface area contributed by atoms with Gasteiger partial charge in [-0.15, -0.1) is 0 Å². The predicted molar refractivity (Wildman–Crippen MR) is 42.3 cm³/mol. The number of nitrogens with one attached hydrogen (secondary N) is 1. The number of thioether (sulfide) groups is 1. The number of hydrogen-bond acceptors (Lipinski definition) is 2. The van der Waals surface area contributed by atoms with Crippen LogP contribution < -0.4 is 5.32 Å². The quantitative estimate of drug-likeness (QED) is 0.620. The Morgan fingerprint density at radius 2 is 2.00 bits per heavy atom. The summed E-state index contributed by atoms with van der Waals surface area (Å²) in [5, 5.41) is 1.93. The fraction of sp³-hybridized carbons (Fsp3) is 0.667. The third-order valence-corrected chi connectivity index (χ3v) is 1.73.